The number of methoxy groups -OCH3 is 2. The maximum atomic E-state index is 11.4. The Labute approximate surface area is 99.9 Å². The minimum atomic E-state index is -0.412. The zero-order valence-corrected chi connectivity index (χ0v) is 10.3. The van der Waals surface area contributed by atoms with Crippen LogP contribution in [0.4, 0.5) is 0 Å². The molecule has 1 N–H and O–H groups in total. The lowest BCUT2D eigenvalue weighted by molar-refractivity contribution is -0.0514. The first-order valence-electron chi connectivity index (χ1n) is 5.47. The number of ether oxygens (including phenoxy) is 2. The second kappa shape index (κ2) is 4.46. The van der Waals surface area contributed by atoms with Crippen LogP contribution < -0.4 is 5.32 Å². The van der Waals surface area contributed by atoms with Gasteiger partial charge in [0.2, 0.25) is 0 Å². The number of aryl methyl sites for hydroxylation is 1. The fourth-order valence-corrected chi connectivity index (χ4v) is 1.95. The van der Waals surface area contributed by atoms with Crippen LogP contribution >= 0.6 is 0 Å². The molecule has 0 saturated carbocycles. The topological polar surface area (TPSA) is 65.4 Å². The molecular formula is C11H17N3O3. The van der Waals surface area contributed by atoms with Crippen LogP contribution in [0.1, 0.15) is 16.2 Å². The van der Waals surface area contributed by atoms with Crippen LogP contribution in [0.25, 0.3) is 0 Å². The van der Waals surface area contributed by atoms with Gasteiger partial charge in [-0.3, -0.25) is 4.68 Å². The SMILES string of the molecule is COC(=O)c1cc(CC2(OC)CNC2)n(C)n1. The number of carbonyl (C=O) groups is 1. The predicted octanol–water partition coefficient (Wildman–Crippen LogP) is -0.262. The van der Waals surface area contributed by atoms with Crippen molar-refractivity contribution in [3.8, 4) is 0 Å². The van der Waals surface area contributed by atoms with Gasteiger partial charge in [0.15, 0.2) is 5.69 Å². The number of rotatable bonds is 4. The van der Waals surface area contributed by atoms with Gasteiger partial charge in [0.25, 0.3) is 0 Å². The molecule has 2 rings (SSSR count). The molecule has 0 amide bonds. The molecule has 0 radical (unpaired) electrons. The third kappa shape index (κ3) is 2.18. The third-order valence-electron chi connectivity index (χ3n) is 3.20. The summed E-state index contributed by atoms with van der Waals surface area (Å²) in [4.78, 5) is 11.4. The average Bonchev–Trinajstić information content (AvgIpc) is 2.64. The van der Waals surface area contributed by atoms with Gasteiger partial charge in [-0.15, -0.1) is 0 Å². The molecule has 1 saturated heterocycles. The minimum absolute atomic E-state index is 0.165. The molecule has 1 aromatic heterocycles. The van der Waals surface area contributed by atoms with Crippen molar-refractivity contribution in [2.45, 2.75) is 12.0 Å². The van der Waals surface area contributed by atoms with Gasteiger partial charge < -0.3 is 14.8 Å². The molecule has 0 unspecified atom stereocenters. The lowest BCUT2D eigenvalue weighted by atomic mass is 9.91. The molecule has 6 nitrogen and oxygen atoms in total. The number of carbonyl (C=O) groups excluding carboxylic acids is 1. The Morgan fingerprint density at radius 1 is 1.59 bits per heavy atom. The van der Waals surface area contributed by atoms with E-state index in [4.69, 9.17) is 4.74 Å². The van der Waals surface area contributed by atoms with Crippen LogP contribution in [-0.4, -0.2) is 48.7 Å². The third-order valence-corrected chi connectivity index (χ3v) is 3.20. The normalized spacial score (nSPS) is 17.6. The maximum absolute atomic E-state index is 11.4. The van der Waals surface area contributed by atoms with E-state index < -0.39 is 5.97 Å². The number of nitrogens with one attached hydrogen (secondary N) is 1. The Morgan fingerprint density at radius 3 is 2.76 bits per heavy atom. The molecule has 0 aliphatic carbocycles. The zero-order chi connectivity index (χ0) is 12.5. The second-order valence-electron chi connectivity index (χ2n) is 4.30. The smallest absolute Gasteiger partial charge is 0.358 e. The van der Waals surface area contributed by atoms with Crippen molar-refractivity contribution in [1.82, 2.24) is 15.1 Å². The van der Waals surface area contributed by atoms with E-state index in [0.29, 0.717) is 5.69 Å². The van der Waals surface area contributed by atoms with Crippen molar-refractivity contribution >= 4 is 5.97 Å². The Morgan fingerprint density at radius 2 is 2.29 bits per heavy atom. The van der Waals surface area contributed by atoms with E-state index in [9.17, 15) is 4.79 Å². The zero-order valence-electron chi connectivity index (χ0n) is 10.3. The fraction of sp³-hybridized carbons (Fsp3) is 0.636. The van der Waals surface area contributed by atoms with Gasteiger partial charge in [0, 0.05) is 39.4 Å². The van der Waals surface area contributed by atoms with E-state index in [0.717, 1.165) is 25.2 Å². The first kappa shape index (κ1) is 12.1. The molecule has 17 heavy (non-hydrogen) atoms. The summed E-state index contributed by atoms with van der Waals surface area (Å²) in [7, 11) is 4.87. The molecule has 94 valence electrons. The Kier molecular flexibility index (Phi) is 3.17. The Hall–Kier alpha value is -1.40. The van der Waals surface area contributed by atoms with Gasteiger partial charge in [-0.05, 0) is 6.07 Å². The number of hydrogen-bond donors (Lipinski definition) is 1. The molecule has 2 heterocycles. The van der Waals surface area contributed by atoms with Crippen molar-refractivity contribution in [3.05, 3.63) is 17.5 Å². The van der Waals surface area contributed by atoms with E-state index in [1.807, 2.05) is 7.05 Å². The summed E-state index contributed by atoms with van der Waals surface area (Å²) in [6.45, 7) is 1.64. The molecule has 1 aliphatic rings. The highest BCUT2D eigenvalue weighted by Crippen LogP contribution is 2.22. The Balaban J connectivity index is 2.16. The number of hydrogen-bond acceptors (Lipinski definition) is 5. The van der Waals surface area contributed by atoms with E-state index in [-0.39, 0.29) is 5.60 Å². The summed E-state index contributed by atoms with van der Waals surface area (Å²) < 4.78 is 11.9. The summed E-state index contributed by atoms with van der Waals surface area (Å²) >= 11 is 0. The number of nitrogens with zero attached hydrogens (tertiary/aromatic N) is 2. The molecule has 0 bridgehead atoms. The number of aromatic nitrogens is 2. The molecular weight excluding hydrogens is 222 g/mol. The van der Waals surface area contributed by atoms with Crippen molar-refractivity contribution in [2.75, 3.05) is 27.3 Å². The highest BCUT2D eigenvalue weighted by atomic mass is 16.5. The van der Waals surface area contributed by atoms with Gasteiger partial charge in [-0.25, -0.2) is 4.79 Å². The summed E-state index contributed by atoms with van der Waals surface area (Å²) in [6.07, 6.45) is 0.733. The summed E-state index contributed by atoms with van der Waals surface area (Å²) in [5.41, 5.74) is 1.14. The average molecular weight is 239 g/mol. The quantitative estimate of drug-likeness (QED) is 0.733. The Bertz CT molecular complexity index is 418. The molecule has 6 heteroatoms. The largest absolute Gasteiger partial charge is 0.464 e. The van der Waals surface area contributed by atoms with Gasteiger partial charge >= 0.3 is 5.97 Å². The minimum Gasteiger partial charge on any atom is -0.464 e. The molecule has 1 fully saturated rings. The van der Waals surface area contributed by atoms with Gasteiger partial charge in [0.05, 0.1) is 12.7 Å². The lowest BCUT2D eigenvalue weighted by Crippen LogP contribution is -2.62. The maximum Gasteiger partial charge on any atom is 0.358 e. The van der Waals surface area contributed by atoms with Crippen molar-refractivity contribution < 1.29 is 14.3 Å². The molecule has 0 aromatic carbocycles. The van der Waals surface area contributed by atoms with Crippen LogP contribution in [0.3, 0.4) is 0 Å². The number of esters is 1. The molecule has 0 atom stereocenters. The van der Waals surface area contributed by atoms with Crippen LogP contribution in [0.15, 0.2) is 6.07 Å². The van der Waals surface area contributed by atoms with Crippen LogP contribution in [0, 0.1) is 0 Å². The van der Waals surface area contributed by atoms with Crippen molar-refractivity contribution in [3.63, 3.8) is 0 Å². The van der Waals surface area contributed by atoms with E-state index in [1.165, 1.54) is 7.11 Å². The van der Waals surface area contributed by atoms with Gasteiger partial charge in [-0.1, -0.05) is 0 Å². The molecule has 1 aliphatic heterocycles. The fourth-order valence-electron chi connectivity index (χ4n) is 1.95. The van der Waals surface area contributed by atoms with E-state index >= 15 is 0 Å². The van der Waals surface area contributed by atoms with Crippen molar-refractivity contribution in [2.24, 2.45) is 7.05 Å². The highest BCUT2D eigenvalue weighted by Gasteiger charge is 2.38. The summed E-state index contributed by atoms with van der Waals surface area (Å²) in [6, 6.07) is 1.75. The van der Waals surface area contributed by atoms with Crippen LogP contribution in [0.2, 0.25) is 0 Å². The monoisotopic (exact) mass is 239 g/mol. The highest BCUT2D eigenvalue weighted by molar-refractivity contribution is 5.87. The van der Waals surface area contributed by atoms with Crippen molar-refractivity contribution in [1.29, 1.82) is 0 Å². The molecule has 0 spiro atoms. The second-order valence-corrected chi connectivity index (χ2v) is 4.30. The van der Waals surface area contributed by atoms with E-state index in [2.05, 4.69) is 15.2 Å². The first-order valence-corrected chi connectivity index (χ1v) is 5.47. The van der Waals surface area contributed by atoms with Crippen LogP contribution in [-0.2, 0) is 22.9 Å². The van der Waals surface area contributed by atoms with Crippen LogP contribution in [0.5, 0.6) is 0 Å². The van der Waals surface area contributed by atoms with E-state index in [1.54, 1.807) is 17.9 Å². The lowest BCUT2D eigenvalue weighted by Gasteiger charge is -2.41. The summed E-state index contributed by atoms with van der Waals surface area (Å²) in [5.74, 6) is -0.412. The van der Waals surface area contributed by atoms with Gasteiger partial charge in [-0.2, -0.15) is 5.10 Å². The molecule has 1 aromatic rings. The van der Waals surface area contributed by atoms with Gasteiger partial charge in [0.1, 0.15) is 0 Å². The predicted molar refractivity (Wildman–Crippen MR) is 60.9 cm³/mol. The standard InChI is InChI=1S/C11H17N3O3/c1-14-8(4-9(13-14)10(15)16-2)5-11(17-3)6-12-7-11/h4,12H,5-7H2,1-3H3. The summed E-state index contributed by atoms with van der Waals surface area (Å²) in [5, 5.41) is 7.31. The first-order chi connectivity index (χ1) is 8.10.